The Morgan fingerprint density at radius 3 is 2.67 bits per heavy atom. The molecular formula is C12H21BrO2. The van der Waals surface area contributed by atoms with Crippen LogP contribution in [0.25, 0.3) is 0 Å². The maximum absolute atomic E-state index is 11.3. The fourth-order valence-corrected chi connectivity index (χ4v) is 2.58. The number of hydrogen-bond donors (Lipinski definition) is 0. The highest BCUT2D eigenvalue weighted by Crippen LogP contribution is 2.35. The van der Waals surface area contributed by atoms with Crippen molar-refractivity contribution in [3.8, 4) is 0 Å². The summed E-state index contributed by atoms with van der Waals surface area (Å²) in [5.74, 6) is 1.71. The zero-order chi connectivity index (χ0) is 11.4. The van der Waals surface area contributed by atoms with Gasteiger partial charge in [-0.15, -0.1) is 0 Å². The second-order valence-corrected chi connectivity index (χ2v) is 5.55. The summed E-state index contributed by atoms with van der Waals surface area (Å²) in [7, 11) is 0. The minimum Gasteiger partial charge on any atom is -0.461 e. The van der Waals surface area contributed by atoms with Crippen LogP contribution in [0.15, 0.2) is 0 Å². The van der Waals surface area contributed by atoms with Crippen molar-refractivity contribution in [3.63, 3.8) is 0 Å². The van der Waals surface area contributed by atoms with E-state index in [1.54, 1.807) is 0 Å². The van der Waals surface area contributed by atoms with Crippen LogP contribution in [-0.2, 0) is 9.53 Å². The highest BCUT2D eigenvalue weighted by molar-refractivity contribution is 9.09. The molecule has 0 heterocycles. The largest absolute Gasteiger partial charge is 0.461 e. The van der Waals surface area contributed by atoms with E-state index in [0.717, 1.165) is 6.42 Å². The molecule has 0 aromatic rings. The molecule has 15 heavy (non-hydrogen) atoms. The third-order valence-electron chi connectivity index (χ3n) is 3.35. The van der Waals surface area contributed by atoms with Gasteiger partial charge in [0, 0.05) is 0 Å². The fraction of sp³-hybridized carbons (Fsp3) is 0.917. The third-order valence-corrected chi connectivity index (χ3v) is 3.81. The molecule has 1 saturated carbocycles. The number of carbonyl (C=O) groups is 1. The van der Waals surface area contributed by atoms with Crippen molar-refractivity contribution >= 4 is 21.9 Å². The topological polar surface area (TPSA) is 26.3 Å². The minimum atomic E-state index is -0.125. The van der Waals surface area contributed by atoms with Crippen molar-refractivity contribution in [2.45, 2.75) is 46.1 Å². The molecular weight excluding hydrogens is 256 g/mol. The number of esters is 1. The van der Waals surface area contributed by atoms with E-state index in [0.29, 0.717) is 23.1 Å². The molecule has 0 bridgehead atoms. The van der Waals surface area contributed by atoms with E-state index in [-0.39, 0.29) is 12.1 Å². The fourth-order valence-electron chi connectivity index (χ4n) is 2.45. The first kappa shape index (κ1) is 13.0. The summed E-state index contributed by atoms with van der Waals surface area (Å²) in [4.78, 5) is 11.3. The Bertz CT molecular complexity index is 216. The van der Waals surface area contributed by atoms with Crippen molar-refractivity contribution in [3.05, 3.63) is 0 Å². The molecule has 2 nitrogen and oxygen atoms in total. The molecule has 1 rings (SSSR count). The first-order chi connectivity index (χ1) is 7.04. The summed E-state index contributed by atoms with van der Waals surface area (Å²) in [5, 5.41) is 0.308. The lowest BCUT2D eigenvalue weighted by molar-refractivity contribution is -0.152. The standard InChI is InChI=1S/C12H21BrO2/c1-8(2)10-5-4-9(3)6-11(10)15-12(14)7-13/h8-11H,4-7H2,1-3H3/t9-,10-,11+/m0/s1. The predicted octanol–water partition coefficient (Wildman–Crippen LogP) is 3.39. The molecule has 88 valence electrons. The monoisotopic (exact) mass is 276 g/mol. The highest BCUT2D eigenvalue weighted by Gasteiger charge is 2.32. The van der Waals surface area contributed by atoms with Gasteiger partial charge in [0.05, 0.1) is 0 Å². The second-order valence-electron chi connectivity index (χ2n) is 4.99. The molecule has 3 atom stereocenters. The van der Waals surface area contributed by atoms with Crippen LogP contribution in [0.3, 0.4) is 0 Å². The molecule has 0 spiro atoms. The van der Waals surface area contributed by atoms with Gasteiger partial charge in [-0.05, 0) is 30.6 Å². The maximum atomic E-state index is 11.3. The quantitative estimate of drug-likeness (QED) is 0.584. The minimum absolute atomic E-state index is 0.125. The van der Waals surface area contributed by atoms with Crippen LogP contribution in [-0.4, -0.2) is 17.4 Å². The molecule has 0 aliphatic heterocycles. The lowest BCUT2D eigenvalue weighted by Gasteiger charge is -2.36. The maximum Gasteiger partial charge on any atom is 0.316 e. The Labute approximate surface area is 101 Å². The number of alkyl halides is 1. The van der Waals surface area contributed by atoms with Gasteiger partial charge in [0.2, 0.25) is 0 Å². The zero-order valence-electron chi connectivity index (χ0n) is 9.83. The molecule has 1 fully saturated rings. The summed E-state index contributed by atoms with van der Waals surface area (Å²) in [6.45, 7) is 6.68. The van der Waals surface area contributed by atoms with E-state index in [1.165, 1.54) is 12.8 Å². The van der Waals surface area contributed by atoms with Gasteiger partial charge in [0.15, 0.2) is 0 Å². The highest BCUT2D eigenvalue weighted by atomic mass is 79.9. The van der Waals surface area contributed by atoms with Gasteiger partial charge in [-0.1, -0.05) is 43.1 Å². The number of rotatable bonds is 3. The molecule has 0 saturated heterocycles. The van der Waals surface area contributed by atoms with Crippen LogP contribution in [0.5, 0.6) is 0 Å². The van der Waals surface area contributed by atoms with Crippen LogP contribution in [0.4, 0.5) is 0 Å². The summed E-state index contributed by atoms with van der Waals surface area (Å²) >= 11 is 3.14. The van der Waals surface area contributed by atoms with E-state index in [9.17, 15) is 4.79 Å². The number of ether oxygens (including phenoxy) is 1. The average Bonchev–Trinajstić information content (AvgIpc) is 2.17. The van der Waals surface area contributed by atoms with E-state index >= 15 is 0 Å². The first-order valence-corrected chi connectivity index (χ1v) is 6.92. The van der Waals surface area contributed by atoms with Crippen LogP contribution in [0.1, 0.15) is 40.0 Å². The lowest BCUT2D eigenvalue weighted by atomic mass is 9.75. The Hall–Kier alpha value is -0.0500. The summed E-state index contributed by atoms with van der Waals surface area (Å²) in [5.41, 5.74) is 0. The van der Waals surface area contributed by atoms with Crippen LogP contribution in [0, 0.1) is 17.8 Å². The number of hydrogen-bond acceptors (Lipinski definition) is 2. The number of carbonyl (C=O) groups excluding carboxylic acids is 1. The Kier molecular flexibility index (Phi) is 5.10. The van der Waals surface area contributed by atoms with Crippen molar-refractivity contribution < 1.29 is 9.53 Å². The van der Waals surface area contributed by atoms with Gasteiger partial charge < -0.3 is 4.74 Å². The molecule has 1 aliphatic carbocycles. The summed E-state index contributed by atoms with van der Waals surface area (Å²) < 4.78 is 5.50. The van der Waals surface area contributed by atoms with Crippen LogP contribution < -0.4 is 0 Å². The summed E-state index contributed by atoms with van der Waals surface area (Å²) in [6, 6.07) is 0. The van der Waals surface area contributed by atoms with Gasteiger partial charge in [-0.3, -0.25) is 4.79 Å². The van der Waals surface area contributed by atoms with Crippen molar-refractivity contribution in [1.29, 1.82) is 0 Å². The smallest absolute Gasteiger partial charge is 0.316 e. The van der Waals surface area contributed by atoms with Crippen LogP contribution >= 0.6 is 15.9 Å². The second kappa shape index (κ2) is 5.88. The molecule has 0 unspecified atom stereocenters. The van der Waals surface area contributed by atoms with E-state index in [1.807, 2.05) is 0 Å². The van der Waals surface area contributed by atoms with Crippen molar-refractivity contribution in [2.75, 3.05) is 5.33 Å². The normalized spacial score (nSPS) is 31.7. The zero-order valence-corrected chi connectivity index (χ0v) is 11.4. The average molecular weight is 277 g/mol. The Morgan fingerprint density at radius 2 is 2.13 bits per heavy atom. The molecule has 0 radical (unpaired) electrons. The molecule has 0 N–H and O–H groups in total. The van der Waals surface area contributed by atoms with Gasteiger partial charge in [0.1, 0.15) is 11.4 Å². The van der Waals surface area contributed by atoms with Gasteiger partial charge in [0.25, 0.3) is 0 Å². The van der Waals surface area contributed by atoms with Gasteiger partial charge >= 0.3 is 5.97 Å². The number of halogens is 1. The summed E-state index contributed by atoms with van der Waals surface area (Å²) in [6.07, 6.45) is 3.63. The predicted molar refractivity (Wildman–Crippen MR) is 65.0 cm³/mol. The van der Waals surface area contributed by atoms with Crippen molar-refractivity contribution in [1.82, 2.24) is 0 Å². The molecule has 3 heteroatoms. The molecule has 0 amide bonds. The molecule has 1 aliphatic rings. The van der Waals surface area contributed by atoms with E-state index in [4.69, 9.17) is 4.74 Å². The Balaban J connectivity index is 2.57. The first-order valence-electron chi connectivity index (χ1n) is 5.80. The third kappa shape index (κ3) is 3.78. The molecule has 0 aromatic heterocycles. The van der Waals surface area contributed by atoms with Crippen LogP contribution in [0.2, 0.25) is 0 Å². The van der Waals surface area contributed by atoms with E-state index in [2.05, 4.69) is 36.7 Å². The molecule has 0 aromatic carbocycles. The Morgan fingerprint density at radius 1 is 1.47 bits per heavy atom. The van der Waals surface area contributed by atoms with E-state index < -0.39 is 0 Å². The SMILES string of the molecule is CC(C)[C@@H]1CC[C@H](C)C[C@H]1OC(=O)CBr. The lowest BCUT2D eigenvalue weighted by Crippen LogP contribution is -2.36. The van der Waals surface area contributed by atoms with Gasteiger partial charge in [-0.25, -0.2) is 0 Å². The van der Waals surface area contributed by atoms with Gasteiger partial charge in [-0.2, -0.15) is 0 Å². The van der Waals surface area contributed by atoms with Crippen molar-refractivity contribution in [2.24, 2.45) is 17.8 Å².